The summed E-state index contributed by atoms with van der Waals surface area (Å²) < 4.78 is 0. The van der Waals surface area contributed by atoms with E-state index in [0.717, 1.165) is 0 Å². The molecule has 5 heteroatoms. The fourth-order valence-electron chi connectivity index (χ4n) is 1.23. The zero-order valence-electron chi connectivity index (χ0n) is 8.91. The van der Waals surface area contributed by atoms with Crippen molar-refractivity contribution in [3.63, 3.8) is 0 Å². The molecule has 0 bridgehead atoms. The van der Waals surface area contributed by atoms with Crippen molar-refractivity contribution < 1.29 is 14.8 Å². The number of hydrogen-bond donors (Lipinski definition) is 2. The van der Waals surface area contributed by atoms with Crippen LogP contribution in [-0.4, -0.2) is 34.7 Å². The molecular weight excluding hydrogens is 184 g/mol. The first-order chi connectivity index (χ1) is 6.59. The Hall–Kier alpha value is -1.10. The van der Waals surface area contributed by atoms with Gasteiger partial charge in [-0.25, -0.2) is 5.06 Å². The monoisotopic (exact) mass is 202 g/mol. The zero-order valence-corrected chi connectivity index (χ0v) is 8.91. The standard InChI is InChI=1S/C7H12N2O3.C2H6/c1-5(10)8-6-2-3-9(12)7(11)4-6;1-2/h6,12H,2-4H2,1H3,(H,8,10);1-2H3. The Labute approximate surface area is 84.0 Å². The van der Waals surface area contributed by atoms with Crippen LogP contribution in [0.5, 0.6) is 0 Å². The van der Waals surface area contributed by atoms with E-state index < -0.39 is 0 Å². The van der Waals surface area contributed by atoms with Crippen LogP contribution in [0.4, 0.5) is 0 Å². The van der Waals surface area contributed by atoms with Crippen molar-refractivity contribution >= 4 is 11.8 Å². The van der Waals surface area contributed by atoms with Crippen molar-refractivity contribution in [1.82, 2.24) is 10.4 Å². The van der Waals surface area contributed by atoms with Gasteiger partial charge in [0.1, 0.15) is 0 Å². The summed E-state index contributed by atoms with van der Waals surface area (Å²) >= 11 is 0. The Morgan fingerprint density at radius 1 is 1.57 bits per heavy atom. The highest BCUT2D eigenvalue weighted by atomic mass is 16.5. The number of rotatable bonds is 1. The van der Waals surface area contributed by atoms with E-state index in [4.69, 9.17) is 5.21 Å². The van der Waals surface area contributed by atoms with Crippen molar-refractivity contribution in [2.75, 3.05) is 6.54 Å². The van der Waals surface area contributed by atoms with Crippen molar-refractivity contribution in [3.05, 3.63) is 0 Å². The first-order valence-electron chi connectivity index (χ1n) is 4.86. The number of hydroxylamine groups is 2. The van der Waals surface area contributed by atoms with E-state index in [1.807, 2.05) is 13.8 Å². The molecule has 0 saturated carbocycles. The molecule has 5 nitrogen and oxygen atoms in total. The van der Waals surface area contributed by atoms with Gasteiger partial charge in [0.2, 0.25) is 11.8 Å². The van der Waals surface area contributed by atoms with Gasteiger partial charge >= 0.3 is 0 Å². The number of carbonyl (C=O) groups excluding carboxylic acids is 2. The second kappa shape index (κ2) is 6.37. The van der Waals surface area contributed by atoms with Crippen molar-refractivity contribution in [2.45, 2.75) is 39.7 Å². The topological polar surface area (TPSA) is 69.6 Å². The molecule has 1 atom stereocenters. The minimum atomic E-state index is -0.333. The summed E-state index contributed by atoms with van der Waals surface area (Å²) in [5, 5.41) is 12.2. The second-order valence-electron chi connectivity index (χ2n) is 2.91. The van der Waals surface area contributed by atoms with Gasteiger partial charge in [0, 0.05) is 19.4 Å². The number of carbonyl (C=O) groups is 2. The van der Waals surface area contributed by atoms with Crippen LogP contribution in [0, 0.1) is 0 Å². The van der Waals surface area contributed by atoms with Gasteiger partial charge in [-0.3, -0.25) is 14.8 Å². The summed E-state index contributed by atoms with van der Waals surface area (Å²) in [5.41, 5.74) is 0. The number of nitrogens with one attached hydrogen (secondary N) is 1. The molecule has 0 radical (unpaired) electrons. The van der Waals surface area contributed by atoms with E-state index in [9.17, 15) is 9.59 Å². The Morgan fingerprint density at radius 3 is 2.57 bits per heavy atom. The molecule has 0 aromatic rings. The van der Waals surface area contributed by atoms with E-state index in [1.165, 1.54) is 6.92 Å². The highest BCUT2D eigenvalue weighted by Gasteiger charge is 2.24. The normalized spacial score (nSPS) is 21.0. The number of amides is 2. The maximum atomic E-state index is 10.9. The van der Waals surface area contributed by atoms with E-state index in [-0.39, 0.29) is 24.3 Å². The molecule has 0 spiro atoms. The molecule has 1 saturated heterocycles. The SMILES string of the molecule is CC.CC(=O)NC1CCN(O)C(=O)C1. The van der Waals surface area contributed by atoms with Crippen LogP contribution in [-0.2, 0) is 9.59 Å². The van der Waals surface area contributed by atoms with Gasteiger partial charge in [0.05, 0.1) is 6.54 Å². The molecular formula is C9H18N2O3. The predicted octanol–water partition coefficient (Wildman–Crippen LogP) is 0.529. The lowest BCUT2D eigenvalue weighted by molar-refractivity contribution is -0.171. The molecule has 1 rings (SSSR count). The molecule has 1 aliphatic rings. The second-order valence-corrected chi connectivity index (χ2v) is 2.91. The summed E-state index contributed by atoms with van der Waals surface area (Å²) in [5.74, 6) is -0.473. The maximum Gasteiger partial charge on any atom is 0.247 e. The third kappa shape index (κ3) is 4.23. The smallest absolute Gasteiger partial charge is 0.247 e. The molecule has 14 heavy (non-hydrogen) atoms. The van der Waals surface area contributed by atoms with Crippen LogP contribution < -0.4 is 5.32 Å². The lowest BCUT2D eigenvalue weighted by Crippen LogP contribution is -2.45. The highest BCUT2D eigenvalue weighted by Crippen LogP contribution is 2.09. The highest BCUT2D eigenvalue weighted by molar-refractivity contribution is 5.78. The number of hydrogen-bond acceptors (Lipinski definition) is 3. The fourth-order valence-corrected chi connectivity index (χ4v) is 1.23. The molecule has 0 aromatic heterocycles. The Morgan fingerprint density at radius 2 is 2.14 bits per heavy atom. The minimum absolute atomic E-state index is 0.113. The van der Waals surface area contributed by atoms with Gasteiger partial charge in [-0.05, 0) is 6.42 Å². The van der Waals surface area contributed by atoms with E-state index in [0.29, 0.717) is 18.0 Å². The van der Waals surface area contributed by atoms with Gasteiger partial charge in [-0.2, -0.15) is 0 Å². The Balaban J connectivity index is 0.000000791. The van der Waals surface area contributed by atoms with Crippen molar-refractivity contribution in [1.29, 1.82) is 0 Å². The molecule has 2 N–H and O–H groups in total. The lowest BCUT2D eigenvalue weighted by Gasteiger charge is -2.27. The molecule has 1 heterocycles. The molecule has 1 aliphatic heterocycles. The van der Waals surface area contributed by atoms with Gasteiger partial charge in [0.15, 0.2) is 0 Å². The molecule has 82 valence electrons. The molecule has 1 unspecified atom stereocenters. The third-order valence-electron chi connectivity index (χ3n) is 1.81. The Kier molecular flexibility index (Phi) is 5.87. The molecule has 0 aromatic carbocycles. The molecule has 0 aliphatic carbocycles. The van der Waals surface area contributed by atoms with Gasteiger partial charge in [-0.1, -0.05) is 13.8 Å². The Bertz CT molecular complexity index is 206. The summed E-state index contributed by atoms with van der Waals surface area (Å²) in [6, 6.07) is -0.113. The zero-order chi connectivity index (χ0) is 11.1. The largest absolute Gasteiger partial charge is 0.353 e. The summed E-state index contributed by atoms with van der Waals surface area (Å²) in [6.07, 6.45) is 0.803. The molecule has 1 fully saturated rings. The van der Waals surface area contributed by atoms with Crippen molar-refractivity contribution in [2.24, 2.45) is 0 Å². The summed E-state index contributed by atoms with van der Waals surface area (Å²) in [6.45, 7) is 5.71. The summed E-state index contributed by atoms with van der Waals surface area (Å²) in [7, 11) is 0. The van der Waals surface area contributed by atoms with Gasteiger partial charge in [-0.15, -0.1) is 0 Å². The number of nitrogens with zero attached hydrogens (tertiary/aromatic N) is 1. The first-order valence-corrected chi connectivity index (χ1v) is 4.86. The number of piperidine rings is 1. The van der Waals surface area contributed by atoms with Crippen LogP contribution >= 0.6 is 0 Å². The average molecular weight is 202 g/mol. The van der Waals surface area contributed by atoms with Crippen LogP contribution in [0.15, 0.2) is 0 Å². The van der Waals surface area contributed by atoms with Crippen LogP contribution in [0.2, 0.25) is 0 Å². The average Bonchev–Trinajstić information content (AvgIpc) is 2.14. The quantitative estimate of drug-likeness (QED) is 0.609. The predicted molar refractivity (Wildman–Crippen MR) is 51.7 cm³/mol. The van der Waals surface area contributed by atoms with Gasteiger partial charge in [0.25, 0.3) is 0 Å². The third-order valence-corrected chi connectivity index (χ3v) is 1.81. The lowest BCUT2D eigenvalue weighted by atomic mass is 10.1. The van der Waals surface area contributed by atoms with E-state index in [2.05, 4.69) is 5.32 Å². The molecule has 2 amide bonds. The maximum absolute atomic E-state index is 10.9. The van der Waals surface area contributed by atoms with E-state index in [1.54, 1.807) is 0 Å². The van der Waals surface area contributed by atoms with Crippen molar-refractivity contribution in [3.8, 4) is 0 Å². The van der Waals surface area contributed by atoms with Crippen LogP contribution in [0.25, 0.3) is 0 Å². The fraction of sp³-hybridized carbons (Fsp3) is 0.778. The van der Waals surface area contributed by atoms with E-state index >= 15 is 0 Å². The minimum Gasteiger partial charge on any atom is -0.353 e. The first kappa shape index (κ1) is 12.9. The van der Waals surface area contributed by atoms with Gasteiger partial charge < -0.3 is 5.32 Å². The van der Waals surface area contributed by atoms with Crippen LogP contribution in [0.3, 0.4) is 0 Å². The summed E-state index contributed by atoms with van der Waals surface area (Å²) in [4.78, 5) is 21.5. The van der Waals surface area contributed by atoms with Crippen LogP contribution in [0.1, 0.15) is 33.6 Å².